The van der Waals surface area contributed by atoms with Gasteiger partial charge in [0.2, 0.25) is 0 Å². The fourth-order valence-corrected chi connectivity index (χ4v) is 1.99. The molecule has 2 nitrogen and oxygen atoms in total. The summed E-state index contributed by atoms with van der Waals surface area (Å²) in [6.45, 7) is 9.88. The Morgan fingerprint density at radius 2 is 1.73 bits per heavy atom. The number of hydrogen-bond donors (Lipinski definition) is 1. The Labute approximate surface area is 95.7 Å². The molecule has 15 heavy (non-hydrogen) atoms. The summed E-state index contributed by atoms with van der Waals surface area (Å²) in [7, 11) is 2.13. The number of rotatable bonds is 8. The smallest absolute Gasteiger partial charge is 0.0695 e. The highest BCUT2D eigenvalue weighted by Crippen LogP contribution is 2.13. The number of hydrogen-bond acceptors (Lipinski definition) is 2. The van der Waals surface area contributed by atoms with Crippen molar-refractivity contribution in [2.75, 3.05) is 13.6 Å². The van der Waals surface area contributed by atoms with Crippen LogP contribution in [0.3, 0.4) is 0 Å². The molecule has 0 spiro atoms. The third-order valence-electron chi connectivity index (χ3n) is 3.07. The van der Waals surface area contributed by atoms with Gasteiger partial charge in [0.25, 0.3) is 0 Å². The lowest BCUT2D eigenvalue weighted by Crippen LogP contribution is -2.41. The molecule has 0 radical (unpaired) electrons. The Hall–Kier alpha value is -0.0800. The van der Waals surface area contributed by atoms with Crippen LogP contribution in [0.5, 0.6) is 0 Å². The molecule has 0 rings (SSSR count). The first-order valence-corrected chi connectivity index (χ1v) is 6.41. The van der Waals surface area contributed by atoms with Crippen LogP contribution in [0.15, 0.2) is 0 Å². The van der Waals surface area contributed by atoms with Gasteiger partial charge in [-0.15, -0.1) is 0 Å². The molecular formula is C13H29NO. The van der Waals surface area contributed by atoms with E-state index in [1.54, 1.807) is 0 Å². The van der Waals surface area contributed by atoms with Crippen LogP contribution in [0.1, 0.15) is 53.4 Å². The lowest BCUT2D eigenvalue weighted by atomic mass is 10.0. The molecule has 0 aliphatic rings. The molecule has 1 N–H and O–H groups in total. The first-order valence-electron chi connectivity index (χ1n) is 6.41. The summed E-state index contributed by atoms with van der Waals surface area (Å²) >= 11 is 0. The van der Waals surface area contributed by atoms with Gasteiger partial charge in [0.05, 0.1) is 6.10 Å². The monoisotopic (exact) mass is 215 g/mol. The number of aliphatic hydroxyl groups excluding tert-OH is 1. The summed E-state index contributed by atoms with van der Waals surface area (Å²) in [5.41, 5.74) is 0. The molecule has 2 unspecified atom stereocenters. The fraction of sp³-hybridized carbons (Fsp3) is 1.00. The van der Waals surface area contributed by atoms with E-state index in [-0.39, 0.29) is 6.10 Å². The summed E-state index contributed by atoms with van der Waals surface area (Å²) in [5, 5.41) is 10.0. The Morgan fingerprint density at radius 3 is 2.13 bits per heavy atom. The van der Waals surface area contributed by atoms with Gasteiger partial charge >= 0.3 is 0 Å². The molecule has 2 heteroatoms. The molecule has 92 valence electrons. The number of nitrogens with zero attached hydrogens (tertiary/aromatic N) is 1. The SMILES string of the molecule is CCCC(O)C(CC)N(C)CCC(C)C. The molecule has 0 amide bonds. The molecule has 0 fully saturated rings. The van der Waals surface area contributed by atoms with Gasteiger partial charge in [0, 0.05) is 6.04 Å². The van der Waals surface area contributed by atoms with Crippen LogP contribution in [0.4, 0.5) is 0 Å². The van der Waals surface area contributed by atoms with E-state index in [9.17, 15) is 5.11 Å². The van der Waals surface area contributed by atoms with Crippen molar-refractivity contribution in [3.8, 4) is 0 Å². The molecule has 0 aliphatic heterocycles. The van der Waals surface area contributed by atoms with Crippen molar-refractivity contribution in [2.45, 2.75) is 65.5 Å². The second-order valence-corrected chi connectivity index (χ2v) is 4.99. The molecule has 2 atom stereocenters. The van der Waals surface area contributed by atoms with E-state index in [1.807, 2.05) is 0 Å². The van der Waals surface area contributed by atoms with Gasteiger partial charge in [-0.1, -0.05) is 34.1 Å². The summed E-state index contributed by atoms with van der Waals surface area (Å²) in [4.78, 5) is 2.32. The summed E-state index contributed by atoms with van der Waals surface area (Å²) in [6.07, 6.45) is 4.08. The van der Waals surface area contributed by atoms with Gasteiger partial charge in [0.1, 0.15) is 0 Å². The standard InChI is InChI=1S/C13H29NO/c1-6-8-13(15)12(7-2)14(5)10-9-11(3)4/h11-13,15H,6-10H2,1-5H3. The number of aliphatic hydroxyl groups is 1. The maximum Gasteiger partial charge on any atom is 0.0695 e. The maximum absolute atomic E-state index is 10.0. The first kappa shape index (κ1) is 14.9. The number of likely N-dealkylation sites (N-methyl/N-ethyl adjacent to an activating group) is 1. The molecule has 0 aromatic carbocycles. The van der Waals surface area contributed by atoms with Crippen LogP contribution in [0, 0.1) is 5.92 Å². The van der Waals surface area contributed by atoms with Crippen molar-refractivity contribution in [2.24, 2.45) is 5.92 Å². The predicted octanol–water partition coefficient (Wildman–Crippen LogP) is 2.90. The normalized spacial score (nSPS) is 16.0. The van der Waals surface area contributed by atoms with E-state index in [0.717, 1.165) is 31.7 Å². The topological polar surface area (TPSA) is 23.5 Å². The Bertz CT molecular complexity index is 147. The van der Waals surface area contributed by atoms with Gasteiger partial charge in [0.15, 0.2) is 0 Å². The predicted molar refractivity (Wildman–Crippen MR) is 67.1 cm³/mol. The highest BCUT2D eigenvalue weighted by Gasteiger charge is 2.20. The van der Waals surface area contributed by atoms with Crippen LogP contribution >= 0.6 is 0 Å². The van der Waals surface area contributed by atoms with E-state index < -0.39 is 0 Å². The molecule has 0 heterocycles. The van der Waals surface area contributed by atoms with Crippen molar-refractivity contribution in [1.82, 2.24) is 4.90 Å². The minimum Gasteiger partial charge on any atom is -0.391 e. The minimum atomic E-state index is -0.155. The van der Waals surface area contributed by atoms with E-state index in [1.165, 1.54) is 6.42 Å². The molecule has 0 aromatic heterocycles. The molecule has 0 aromatic rings. The second kappa shape index (κ2) is 8.12. The van der Waals surface area contributed by atoms with E-state index in [2.05, 4.69) is 39.6 Å². The highest BCUT2D eigenvalue weighted by atomic mass is 16.3. The molecule has 0 saturated carbocycles. The van der Waals surface area contributed by atoms with Crippen LogP contribution in [-0.2, 0) is 0 Å². The van der Waals surface area contributed by atoms with Gasteiger partial charge in [-0.3, -0.25) is 0 Å². The summed E-state index contributed by atoms with van der Waals surface area (Å²) < 4.78 is 0. The fourth-order valence-electron chi connectivity index (χ4n) is 1.99. The molecular weight excluding hydrogens is 186 g/mol. The van der Waals surface area contributed by atoms with E-state index >= 15 is 0 Å². The molecule has 0 bridgehead atoms. The third kappa shape index (κ3) is 6.16. The Balaban J connectivity index is 4.02. The van der Waals surface area contributed by atoms with Crippen molar-refractivity contribution in [1.29, 1.82) is 0 Å². The molecule has 0 aliphatic carbocycles. The van der Waals surface area contributed by atoms with Crippen LogP contribution in [-0.4, -0.2) is 35.7 Å². The zero-order chi connectivity index (χ0) is 11.8. The Morgan fingerprint density at radius 1 is 1.13 bits per heavy atom. The zero-order valence-electron chi connectivity index (χ0n) is 11.2. The maximum atomic E-state index is 10.0. The summed E-state index contributed by atoms with van der Waals surface area (Å²) in [6, 6.07) is 0.337. The largest absolute Gasteiger partial charge is 0.391 e. The van der Waals surface area contributed by atoms with Gasteiger partial charge < -0.3 is 10.0 Å². The lowest BCUT2D eigenvalue weighted by molar-refractivity contribution is 0.0521. The van der Waals surface area contributed by atoms with Gasteiger partial charge in [-0.05, 0) is 38.8 Å². The molecule has 0 saturated heterocycles. The average Bonchev–Trinajstić information content (AvgIpc) is 2.16. The van der Waals surface area contributed by atoms with E-state index in [4.69, 9.17) is 0 Å². The van der Waals surface area contributed by atoms with Gasteiger partial charge in [-0.25, -0.2) is 0 Å². The minimum absolute atomic E-state index is 0.155. The van der Waals surface area contributed by atoms with Crippen molar-refractivity contribution in [3.63, 3.8) is 0 Å². The zero-order valence-corrected chi connectivity index (χ0v) is 11.2. The third-order valence-corrected chi connectivity index (χ3v) is 3.07. The van der Waals surface area contributed by atoms with Crippen LogP contribution < -0.4 is 0 Å². The van der Waals surface area contributed by atoms with Crippen molar-refractivity contribution in [3.05, 3.63) is 0 Å². The second-order valence-electron chi connectivity index (χ2n) is 4.99. The van der Waals surface area contributed by atoms with Crippen molar-refractivity contribution >= 4 is 0 Å². The lowest BCUT2D eigenvalue weighted by Gasteiger charge is -2.31. The Kier molecular flexibility index (Phi) is 8.07. The van der Waals surface area contributed by atoms with Crippen LogP contribution in [0.25, 0.3) is 0 Å². The van der Waals surface area contributed by atoms with Crippen LogP contribution in [0.2, 0.25) is 0 Å². The van der Waals surface area contributed by atoms with Crippen molar-refractivity contribution < 1.29 is 5.11 Å². The summed E-state index contributed by atoms with van der Waals surface area (Å²) in [5.74, 6) is 0.744. The first-order chi connectivity index (χ1) is 7.02. The van der Waals surface area contributed by atoms with Gasteiger partial charge in [-0.2, -0.15) is 0 Å². The highest BCUT2D eigenvalue weighted by molar-refractivity contribution is 4.75. The van der Waals surface area contributed by atoms with E-state index in [0.29, 0.717) is 6.04 Å². The average molecular weight is 215 g/mol. The quantitative estimate of drug-likeness (QED) is 0.673.